The third kappa shape index (κ3) is 6.10. The highest BCUT2D eigenvalue weighted by molar-refractivity contribution is 7.92. The maximum absolute atomic E-state index is 12.6. The number of sulfonamides is 1. The van der Waals surface area contributed by atoms with Crippen molar-refractivity contribution in [1.29, 1.82) is 0 Å². The summed E-state index contributed by atoms with van der Waals surface area (Å²) in [4.78, 5) is 23.3. The van der Waals surface area contributed by atoms with Gasteiger partial charge in [0.05, 0.1) is 4.90 Å². The minimum atomic E-state index is -3.87. The Kier molecular flexibility index (Phi) is 5.90. The number of carbonyl (C=O) groups excluding carboxylic acids is 2. The smallest absolute Gasteiger partial charge is 0.261 e. The predicted octanol–water partition coefficient (Wildman–Crippen LogP) is 2.97. The van der Waals surface area contributed by atoms with Crippen molar-refractivity contribution in [2.24, 2.45) is 0 Å². The van der Waals surface area contributed by atoms with Gasteiger partial charge in [0, 0.05) is 29.4 Å². The van der Waals surface area contributed by atoms with Gasteiger partial charge in [0.1, 0.15) is 0 Å². The Morgan fingerprint density at radius 1 is 0.926 bits per heavy atom. The molecule has 0 saturated carbocycles. The monoisotopic (exact) mass is 389 g/mol. The minimum Gasteiger partial charge on any atom is -0.347 e. The number of carbonyl (C=O) groups is 2. The number of amides is 2. The Morgan fingerprint density at radius 2 is 1.52 bits per heavy atom. The van der Waals surface area contributed by atoms with Crippen LogP contribution in [-0.2, 0) is 14.8 Å². The number of benzene rings is 2. The van der Waals surface area contributed by atoms with Crippen LogP contribution in [-0.4, -0.2) is 25.8 Å². The van der Waals surface area contributed by atoms with E-state index in [-0.39, 0.29) is 22.3 Å². The van der Waals surface area contributed by atoms with E-state index in [1.54, 1.807) is 30.3 Å². The van der Waals surface area contributed by atoms with E-state index in [1.165, 1.54) is 25.1 Å². The van der Waals surface area contributed by atoms with Crippen LogP contribution in [0.25, 0.3) is 0 Å². The number of anilines is 2. The summed E-state index contributed by atoms with van der Waals surface area (Å²) < 4.78 is 27.7. The van der Waals surface area contributed by atoms with Gasteiger partial charge in [-0.25, -0.2) is 8.42 Å². The summed E-state index contributed by atoms with van der Waals surface area (Å²) in [6.07, 6.45) is 0. The van der Waals surface area contributed by atoms with Gasteiger partial charge >= 0.3 is 0 Å². The lowest BCUT2D eigenvalue weighted by atomic mass is 10.1. The molecular weight excluding hydrogens is 366 g/mol. The summed E-state index contributed by atoms with van der Waals surface area (Å²) in [6.45, 7) is 6.92. The third-order valence-corrected chi connectivity index (χ3v) is 4.73. The molecule has 2 aromatic carbocycles. The van der Waals surface area contributed by atoms with Crippen LogP contribution in [0.1, 0.15) is 38.1 Å². The zero-order chi connectivity index (χ0) is 20.2. The second kappa shape index (κ2) is 7.79. The number of nitrogens with one attached hydrogen (secondary N) is 3. The SMILES string of the molecule is CC(=O)Nc1ccc(NS(=O)(=O)c2cccc(C(=O)NC(C)(C)C)c2)cc1. The van der Waals surface area contributed by atoms with Gasteiger partial charge in [-0.05, 0) is 63.2 Å². The zero-order valence-electron chi connectivity index (χ0n) is 15.7. The van der Waals surface area contributed by atoms with Crippen LogP contribution in [0.15, 0.2) is 53.4 Å². The van der Waals surface area contributed by atoms with Gasteiger partial charge < -0.3 is 10.6 Å². The maximum atomic E-state index is 12.6. The topological polar surface area (TPSA) is 104 Å². The average molecular weight is 389 g/mol. The first-order valence-corrected chi connectivity index (χ1v) is 9.78. The van der Waals surface area contributed by atoms with Crippen molar-refractivity contribution in [2.45, 2.75) is 38.1 Å². The molecule has 0 fully saturated rings. The first kappa shape index (κ1) is 20.4. The normalized spacial score (nSPS) is 11.6. The second-order valence-corrected chi connectivity index (χ2v) is 8.78. The summed E-state index contributed by atoms with van der Waals surface area (Å²) in [7, 11) is -3.87. The van der Waals surface area contributed by atoms with E-state index in [0.29, 0.717) is 11.4 Å². The van der Waals surface area contributed by atoms with E-state index in [4.69, 9.17) is 0 Å². The van der Waals surface area contributed by atoms with Gasteiger partial charge in [-0.1, -0.05) is 6.07 Å². The van der Waals surface area contributed by atoms with Gasteiger partial charge in [0.15, 0.2) is 0 Å². The van der Waals surface area contributed by atoms with Gasteiger partial charge in [-0.3, -0.25) is 14.3 Å². The van der Waals surface area contributed by atoms with E-state index in [0.717, 1.165) is 0 Å². The lowest BCUT2D eigenvalue weighted by Gasteiger charge is -2.20. The highest BCUT2D eigenvalue weighted by Gasteiger charge is 2.19. The highest BCUT2D eigenvalue weighted by Crippen LogP contribution is 2.19. The molecule has 0 heterocycles. The quantitative estimate of drug-likeness (QED) is 0.731. The Hall–Kier alpha value is -2.87. The van der Waals surface area contributed by atoms with Crippen LogP contribution in [0.3, 0.4) is 0 Å². The van der Waals surface area contributed by atoms with Crippen molar-refractivity contribution in [1.82, 2.24) is 5.32 Å². The molecule has 0 aromatic heterocycles. The van der Waals surface area contributed by atoms with Crippen LogP contribution in [0.2, 0.25) is 0 Å². The maximum Gasteiger partial charge on any atom is 0.261 e. The van der Waals surface area contributed by atoms with Crippen molar-refractivity contribution in [3.8, 4) is 0 Å². The third-order valence-electron chi connectivity index (χ3n) is 3.35. The molecule has 0 aliphatic carbocycles. The van der Waals surface area contributed by atoms with Crippen molar-refractivity contribution in [3.63, 3.8) is 0 Å². The predicted molar refractivity (Wildman–Crippen MR) is 105 cm³/mol. The van der Waals surface area contributed by atoms with Gasteiger partial charge in [0.2, 0.25) is 5.91 Å². The van der Waals surface area contributed by atoms with Crippen LogP contribution in [0, 0.1) is 0 Å². The molecule has 0 unspecified atom stereocenters. The summed E-state index contributed by atoms with van der Waals surface area (Å²) in [5.74, 6) is -0.562. The molecule has 2 aromatic rings. The van der Waals surface area contributed by atoms with E-state index >= 15 is 0 Å². The first-order valence-electron chi connectivity index (χ1n) is 8.29. The van der Waals surface area contributed by atoms with E-state index in [1.807, 2.05) is 20.8 Å². The fraction of sp³-hybridized carbons (Fsp3) is 0.263. The molecule has 27 heavy (non-hydrogen) atoms. The molecule has 0 radical (unpaired) electrons. The summed E-state index contributed by atoms with van der Waals surface area (Å²) >= 11 is 0. The first-order chi connectivity index (χ1) is 12.5. The zero-order valence-corrected chi connectivity index (χ0v) is 16.5. The van der Waals surface area contributed by atoms with Crippen LogP contribution < -0.4 is 15.4 Å². The molecule has 0 aliphatic heterocycles. The summed E-state index contributed by atoms with van der Waals surface area (Å²) in [6, 6.07) is 12.1. The molecule has 2 rings (SSSR count). The molecule has 0 aliphatic rings. The molecule has 2 amide bonds. The molecule has 0 atom stereocenters. The highest BCUT2D eigenvalue weighted by atomic mass is 32.2. The van der Waals surface area contributed by atoms with E-state index < -0.39 is 15.6 Å². The largest absolute Gasteiger partial charge is 0.347 e. The van der Waals surface area contributed by atoms with Gasteiger partial charge in [-0.15, -0.1) is 0 Å². The number of hydrogen-bond donors (Lipinski definition) is 3. The molecule has 0 spiro atoms. The molecular formula is C19H23N3O4S. The number of rotatable bonds is 5. The fourth-order valence-corrected chi connectivity index (χ4v) is 3.36. The fourth-order valence-electron chi connectivity index (χ4n) is 2.26. The van der Waals surface area contributed by atoms with E-state index in [2.05, 4.69) is 15.4 Å². The van der Waals surface area contributed by atoms with Crippen molar-refractivity contribution in [3.05, 3.63) is 54.1 Å². The molecule has 0 saturated heterocycles. The Morgan fingerprint density at radius 3 is 2.07 bits per heavy atom. The van der Waals surface area contributed by atoms with Crippen molar-refractivity contribution >= 4 is 33.2 Å². The van der Waals surface area contributed by atoms with Crippen molar-refractivity contribution in [2.75, 3.05) is 10.0 Å². The Bertz CT molecular complexity index is 946. The second-order valence-electron chi connectivity index (χ2n) is 7.10. The lowest BCUT2D eigenvalue weighted by Crippen LogP contribution is -2.40. The molecule has 8 heteroatoms. The lowest BCUT2D eigenvalue weighted by molar-refractivity contribution is -0.114. The van der Waals surface area contributed by atoms with Crippen molar-refractivity contribution < 1.29 is 18.0 Å². The standard InChI is InChI=1S/C19H23N3O4S/c1-13(23)20-15-8-10-16(11-9-15)22-27(25,26)17-7-5-6-14(12-17)18(24)21-19(2,3)4/h5-12,22H,1-4H3,(H,20,23)(H,21,24). The van der Waals surface area contributed by atoms with Gasteiger partial charge in [0.25, 0.3) is 15.9 Å². The molecule has 144 valence electrons. The van der Waals surface area contributed by atoms with E-state index in [9.17, 15) is 18.0 Å². The summed E-state index contributed by atoms with van der Waals surface area (Å²) in [5, 5.41) is 5.40. The number of hydrogen-bond acceptors (Lipinski definition) is 4. The minimum absolute atomic E-state index is 0.0185. The Labute approximate surface area is 159 Å². The van der Waals surface area contributed by atoms with Gasteiger partial charge in [-0.2, -0.15) is 0 Å². The summed E-state index contributed by atoms with van der Waals surface area (Å²) in [5.41, 5.74) is 0.730. The molecule has 7 nitrogen and oxygen atoms in total. The van der Waals surface area contributed by atoms with Crippen LogP contribution in [0.5, 0.6) is 0 Å². The van der Waals surface area contributed by atoms with Crippen LogP contribution >= 0.6 is 0 Å². The average Bonchev–Trinajstić information content (AvgIpc) is 2.54. The Balaban J connectivity index is 2.20. The van der Waals surface area contributed by atoms with Crippen LogP contribution in [0.4, 0.5) is 11.4 Å². The molecule has 3 N–H and O–H groups in total. The molecule has 0 bridgehead atoms.